The fourth-order valence-electron chi connectivity index (χ4n) is 3.62. The number of hydrogen-bond acceptors (Lipinski definition) is 3. The SMILES string of the molecule is C[C@H](C(=O)NC1CCCC1)N(Cc1cccc(Br)c1)C(=O)COc1ccc(Br)cc1Cl. The minimum absolute atomic E-state index is 0.142. The van der Waals surface area contributed by atoms with Gasteiger partial charge in [0, 0.05) is 21.5 Å². The van der Waals surface area contributed by atoms with Gasteiger partial charge in [0.15, 0.2) is 6.61 Å². The molecule has 8 heteroatoms. The predicted molar refractivity (Wildman–Crippen MR) is 129 cm³/mol. The van der Waals surface area contributed by atoms with Crippen LogP contribution in [0.3, 0.4) is 0 Å². The lowest BCUT2D eigenvalue weighted by Gasteiger charge is -2.29. The Balaban J connectivity index is 1.73. The molecule has 0 bridgehead atoms. The summed E-state index contributed by atoms with van der Waals surface area (Å²) in [6, 6.07) is 12.5. The van der Waals surface area contributed by atoms with Gasteiger partial charge in [-0.05, 0) is 55.7 Å². The lowest BCUT2D eigenvalue weighted by atomic mass is 10.1. The van der Waals surface area contributed by atoms with Gasteiger partial charge in [-0.25, -0.2) is 0 Å². The number of rotatable bonds is 8. The van der Waals surface area contributed by atoms with Crippen LogP contribution in [0.15, 0.2) is 51.4 Å². The van der Waals surface area contributed by atoms with Gasteiger partial charge in [0.05, 0.1) is 5.02 Å². The van der Waals surface area contributed by atoms with Crippen molar-refractivity contribution in [3.05, 3.63) is 62.0 Å². The first kappa shape index (κ1) is 24.1. The fourth-order valence-corrected chi connectivity index (χ4v) is 4.80. The third-order valence-electron chi connectivity index (χ3n) is 5.36. The van der Waals surface area contributed by atoms with E-state index in [9.17, 15) is 9.59 Å². The Morgan fingerprint density at radius 2 is 1.87 bits per heavy atom. The largest absolute Gasteiger partial charge is 0.482 e. The first-order chi connectivity index (χ1) is 14.8. The maximum atomic E-state index is 13.1. The summed E-state index contributed by atoms with van der Waals surface area (Å²) in [5.74, 6) is -0.00589. The molecule has 0 spiro atoms. The van der Waals surface area contributed by atoms with Crippen molar-refractivity contribution in [1.82, 2.24) is 10.2 Å². The monoisotopic (exact) mass is 570 g/mol. The molecule has 1 aliphatic carbocycles. The Kier molecular flexibility index (Phi) is 8.81. The zero-order chi connectivity index (χ0) is 22.4. The van der Waals surface area contributed by atoms with Crippen LogP contribution in [0.5, 0.6) is 5.75 Å². The second kappa shape index (κ2) is 11.3. The molecule has 0 radical (unpaired) electrons. The maximum Gasteiger partial charge on any atom is 0.261 e. The fraction of sp³-hybridized carbons (Fsp3) is 0.391. The van der Waals surface area contributed by atoms with Crippen LogP contribution in [0, 0.1) is 0 Å². The lowest BCUT2D eigenvalue weighted by Crippen LogP contribution is -2.50. The van der Waals surface area contributed by atoms with Crippen LogP contribution >= 0.6 is 43.5 Å². The summed E-state index contributed by atoms with van der Waals surface area (Å²) in [7, 11) is 0. The van der Waals surface area contributed by atoms with Gasteiger partial charge in [0.25, 0.3) is 5.91 Å². The van der Waals surface area contributed by atoms with Crippen molar-refractivity contribution < 1.29 is 14.3 Å². The van der Waals surface area contributed by atoms with E-state index in [-0.39, 0.29) is 24.5 Å². The molecule has 0 aliphatic heterocycles. The smallest absolute Gasteiger partial charge is 0.261 e. The van der Waals surface area contributed by atoms with E-state index in [1.165, 1.54) is 0 Å². The number of benzene rings is 2. The second-order valence-corrected chi connectivity index (χ2v) is 9.92. The van der Waals surface area contributed by atoms with E-state index in [0.29, 0.717) is 17.3 Å². The van der Waals surface area contributed by atoms with Crippen molar-refractivity contribution >= 4 is 55.3 Å². The highest BCUT2D eigenvalue weighted by molar-refractivity contribution is 9.10. The molecule has 1 aliphatic rings. The van der Waals surface area contributed by atoms with Gasteiger partial charge in [-0.15, -0.1) is 0 Å². The number of amides is 2. The zero-order valence-electron chi connectivity index (χ0n) is 17.2. The summed E-state index contributed by atoms with van der Waals surface area (Å²) in [5, 5.41) is 3.50. The van der Waals surface area contributed by atoms with Crippen molar-refractivity contribution in [3.8, 4) is 5.75 Å². The Morgan fingerprint density at radius 3 is 2.55 bits per heavy atom. The number of carbonyl (C=O) groups is 2. The Morgan fingerprint density at radius 1 is 1.16 bits per heavy atom. The molecule has 1 saturated carbocycles. The molecule has 3 rings (SSSR count). The number of hydrogen-bond donors (Lipinski definition) is 1. The number of nitrogens with zero attached hydrogens (tertiary/aromatic N) is 1. The van der Waals surface area contributed by atoms with Crippen LogP contribution in [0.2, 0.25) is 5.02 Å². The third-order valence-corrected chi connectivity index (χ3v) is 6.64. The molecule has 5 nitrogen and oxygen atoms in total. The average Bonchev–Trinajstić information content (AvgIpc) is 3.23. The summed E-state index contributed by atoms with van der Waals surface area (Å²) in [5.41, 5.74) is 0.921. The minimum atomic E-state index is -0.629. The van der Waals surface area contributed by atoms with E-state index in [0.717, 1.165) is 40.2 Å². The molecule has 0 heterocycles. The summed E-state index contributed by atoms with van der Waals surface area (Å²) >= 11 is 13.0. The topological polar surface area (TPSA) is 58.6 Å². The molecule has 0 unspecified atom stereocenters. The van der Waals surface area contributed by atoms with Crippen LogP contribution in [0.25, 0.3) is 0 Å². The van der Waals surface area contributed by atoms with E-state index in [2.05, 4.69) is 37.2 Å². The van der Waals surface area contributed by atoms with Crippen LogP contribution in [-0.2, 0) is 16.1 Å². The van der Waals surface area contributed by atoms with Crippen LogP contribution in [-0.4, -0.2) is 35.4 Å². The van der Waals surface area contributed by atoms with Crippen molar-refractivity contribution in [3.63, 3.8) is 0 Å². The van der Waals surface area contributed by atoms with Crippen molar-refractivity contribution in [2.24, 2.45) is 0 Å². The van der Waals surface area contributed by atoms with Gasteiger partial charge in [0.2, 0.25) is 5.91 Å². The van der Waals surface area contributed by atoms with Crippen LogP contribution in [0.4, 0.5) is 0 Å². The minimum Gasteiger partial charge on any atom is -0.482 e. The summed E-state index contributed by atoms with van der Waals surface area (Å²) < 4.78 is 7.41. The highest BCUT2D eigenvalue weighted by Gasteiger charge is 2.29. The second-order valence-electron chi connectivity index (χ2n) is 7.68. The predicted octanol–water partition coefficient (Wildman–Crippen LogP) is 5.72. The van der Waals surface area contributed by atoms with Gasteiger partial charge in [-0.2, -0.15) is 0 Å². The molecule has 166 valence electrons. The molecule has 1 N–H and O–H groups in total. The Hall–Kier alpha value is -1.57. The molecule has 1 atom stereocenters. The molecule has 1 fully saturated rings. The van der Waals surface area contributed by atoms with Gasteiger partial charge in [-0.1, -0.05) is 68.4 Å². The molecular formula is C23H25Br2ClN2O3. The molecule has 0 saturated heterocycles. The van der Waals surface area contributed by atoms with Gasteiger partial charge in [-0.3, -0.25) is 9.59 Å². The summed E-state index contributed by atoms with van der Waals surface area (Å²) in [6.07, 6.45) is 4.23. The van der Waals surface area contributed by atoms with Crippen molar-refractivity contribution in [1.29, 1.82) is 0 Å². The molecule has 31 heavy (non-hydrogen) atoms. The van der Waals surface area contributed by atoms with Gasteiger partial charge < -0.3 is 15.0 Å². The number of carbonyl (C=O) groups excluding carboxylic acids is 2. The van der Waals surface area contributed by atoms with Crippen molar-refractivity contribution in [2.75, 3.05) is 6.61 Å². The summed E-state index contributed by atoms with van der Waals surface area (Å²) in [4.78, 5) is 27.6. The van der Waals surface area contributed by atoms with E-state index in [1.807, 2.05) is 24.3 Å². The van der Waals surface area contributed by atoms with E-state index in [4.69, 9.17) is 16.3 Å². The van der Waals surface area contributed by atoms with Gasteiger partial charge >= 0.3 is 0 Å². The number of nitrogens with one attached hydrogen (secondary N) is 1. The zero-order valence-corrected chi connectivity index (χ0v) is 21.2. The first-order valence-corrected chi connectivity index (χ1v) is 12.2. The third kappa shape index (κ3) is 6.96. The molecule has 0 aromatic heterocycles. The normalized spacial score (nSPS) is 14.8. The van der Waals surface area contributed by atoms with Crippen LogP contribution < -0.4 is 10.1 Å². The van der Waals surface area contributed by atoms with Crippen molar-refractivity contribution in [2.45, 2.75) is 51.2 Å². The Bertz CT molecular complexity index is 935. The van der Waals surface area contributed by atoms with Gasteiger partial charge in [0.1, 0.15) is 11.8 Å². The molecule has 2 aromatic rings. The standard InChI is InChI=1S/C23H25Br2ClN2O3/c1-15(23(30)27-19-7-2-3-8-19)28(13-16-5-4-6-17(24)11-16)22(29)14-31-21-10-9-18(25)12-20(21)26/h4-6,9-12,15,19H,2-3,7-8,13-14H2,1H3,(H,27,30)/t15-/m1/s1. The quantitative estimate of drug-likeness (QED) is 0.440. The molecule has 2 aromatic carbocycles. The molecule has 2 amide bonds. The maximum absolute atomic E-state index is 13.1. The van der Waals surface area contributed by atoms with E-state index >= 15 is 0 Å². The average molecular weight is 573 g/mol. The van der Waals surface area contributed by atoms with E-state index in [1.54, 1.807) is 30.0 Å². The summed E-state index contributed by atoms with van der Waals surface area (Å²) in [6.45, 7) is 1.85. The highest BCUT2D eigenvalue weighted by Crippen LogP contribution is 2.28. The highest BCUT2D eigenvalue weighted by atomic mass is 79.9. The first-order valence-electron chi connectivity index (χ1n) is 10.3. The van der Waals surface area contributed by atoms with E-state index < -0.39 is 6.04 Å². The number of ether oxygens (including phenoxy) is 1. The van der Waals surface area contributed by atoms with Crippen LogP contribution in [0.1, 0.15) is 38.2 Å². The Labute approximate surface area is 204 Å². The lowest BCUT2D eigenvalue weighted by molar-refractivity contribution is -0.142. The number of halogens is 3. The molecular weight excluding hydrogens is 548 g/mol.